The van der Waals surface area contributed by atoms with Crippen molar-refractivity contribution in [2.45, 2.75) is 6.92 Å². The zero-order chi connectivity index (χ0) is 9.84. The van der Waals surface area contributed by atoms with Crippen LogP contribution in [-0.2, 0) is 9.59 Å². The van der Waals surface area contributed by atoms with Gasteiger partial charge in [-0.1, -0.05) is 11.7 Å². The fourth-order valence-electron chi connectivity index (χ4n) is 0.784. The highest BCUT2D eigenvalue weighted by molar-refractivity contribution is 6.11. The molecule has 1 rings (SSSR count). The number of aryl methyl sites for hydroxylation is 1. The zero-order valence-electron chi connectivity index (χ0n) is 7.06. The molecule has 0 bridgehead atoms. The summed E-state index contributed by atoms with van der Waals surface area (Å²) in [7, 11) is 0. The van der Waals surface area contributed by atoms with Gasteiger partial charge in [-0.25, -0.2) is 4.90 Å². The lowest BCUT2D eigenvalue weighted by Gasteiger charge is -2.06. The number of rotatable bonds is 3. The van der Waals surface area contributed by atoms with Crippen LogP contribution < -0.4 is 4.90 Å². The summed E-state index contributed by atoms with van der Waals surface area (Å²) < 4.78 is 4.70. The van der Waals surface area contributed by atoms with Gasteiger partial charge in [0, 0.05) is 6.07 Å². The van der Waals surface area contributed by atoms with Gasteiger partial charge in [-0.2, -0.15) is 0 Å². The Labute approximate surface area is 74.6 Å². The Kier molecular flexibility index (Phi) is 2.59. The molecule has 1 aromatic heterocycles. The molecule has 5 heteroatoms. The maximum absolute atomic E-state index is 11.0. The highest BCUT2D eigenvalue weighted by Crippen LogP contribution is 2.12. The molecule has 5 nitrogen and oxygen atoms in total. The fraction of sp³-hybridized carbons (Fsp3) is 0.125. The van der Waals surface area contributed by atoms with E-state index >= 15 is 0 Å². The summed E-state index contributed by atoms with van der Waals surface area (Å²) in [6.07, 6.45) is 1.39. The molecule has 0 radical (unpaired) electrons. The summed E-state index contributed by atoms with van der Waals surface area (Å²) in [5, 5.41) is 3.51. The number of imide groups is 1. The lowest BCUT2D eigenvalue weighted by molar-refractivity contribution is -0.118. The van der Waals surface area contributed by atoms with Crippen molar-refractivity contribution >= 4 is 18.1 Å². The Bertz CT molecular complexity index is 343. The van der Waals surface area contributed by atoms with Crippen molar-refractivity contribution in [3.05, 3.63) is 24.5 Å². The summed E-state index contributed by atoms with van der Waals surface area (Å²) in [5.74, 6) is 0.152. The first kappa shape index (κ1) is 9.18. The van der Waals surface area contributed by atoms with Crippen molar-refractivity contribution in [3.63, 3.8) is 0 Å². The van der Waals surface area contributed by atoms with Crippen molar-refractivity contribution in [1.29, 1.82) is 0 Å². The molecular formula is C8H8N2O3. The molecule has 0 atom stereocenters. The van der Waals surface area contributed by atoms with Gasteiger partial charge in [-0.3, -0.25) is 9.59 Å². The molecule has 1 heterocycles. The van der Waals surface area contributed by atoms with Gasteiger partial charge in [0.1, 0.15) is 5.76 Å². The third-order valence-corrected chi connectivity index (χ3v) is 1.38. The Hall–Kier alpha value is -1.91. The first-order valence-electron chi connectivity index (χ1n) is 3.53. The van der Waals surface area contributed by atoms with Gasteiger partial charge < -0.3 is 4.52 Å². The van der Waals surface area contributed by atoms with Gasteiger partial charge in [-0.05, 0) is 13.0 Å². The molecule has 68 valence electrons. The molecule has 0 N–H and O–H groups in total. The third-order valence-electron chi connectivity index (χ3n) is 1.38. The minimum atomic E-state index is -0.539. The third kappa shape index (κ3) is 1.81. The van der Waals surface area contributed by atoms with E-state index in [4.69, 9.17) is 4.52 Å². The van der Waals surface area contributed by atoms with Crippen LogP contribution in [0.25, 0.3) is 0 Å². The molecular weight excluding hydrogens is 172 g/mol. The van der Waals surface area contributed by atoms with Gasteiger partial charge in [-0.15, -0.1) is 0 Å². The number of carbonyl (C=O) groups is 2. The lowest BCUT2D eigenvalue weighted by atomic mass is 10.4. The van der Waals surface area contributed by atoms with Gasteiger partial charge in [0.15, 0.2) is 5.82 Å². The summed E-state index contributed by atoms with van der Waals surface area (Å²) in [5.41, 5.74) is 0. The summed E-state index contributed by atoms with van der Waals surface area (Å²) in [6.45, 7) is 4.92. The summed E-state index contributed by atoms with van der Waals surface area (Å²) >= 11 is 0. The number of carbonyl (C=O) groups excluding carboxylic acids is 2. The minimum absolute atomic E-state index is 0.164. The van der Waals surface area contributed by atoms with E-state index < -0.39 is 5.91 Å². The average Bonchev–Trinajstić information content (AvgIpc) is 2.53. The van der Waals surface area contributed by atoms with E-state index in [2.05, 4.69) is 11.7 Å². The molecule has 0 aliphatic carbocycles. The number of hydrogen-bond donors (Lipinski definition) is 0. The van der Waals surface area contributed by atoms with Crippen LogP contribution in [0.1, 0.15) is 5.76 Å². The predicted octanol–water partition coefficient (Wildman–Crippen LogP) is 0.658. The lowest BCUT2D eigenvalue weighted by Crippen LogP contribution is -2.27. The molecule has 0 unspecified atom stereocenters. The highest BCUT2D eigenvalue weighted by atomic mass is 16.5. The van der Waals surface area contributed by atoms with Crippen LogP contribution in [0, 0.1) is 6.92 Å². The van der Waals surface area contributed by atoms with Crippen molar-refractivity contribution in [2.24, 2.45) is 0 Å². The van der Waals surface area contributed by atoms with Crippen LogP contribution in [-0.4, -0.2) is 17.5 Å². The van der Waals surface area contributed by atoms with Crippen LogP contribution in [0.4, 0.5) is 5.82 Å². The zero-order valence-corrected chi connectivity index (χ0v) is 7.06. The number of hydrogen-bond acceptors (Lipinski definition) is 4. The van der Waals surface area contributed by atoms with Crippen LogP contribution in [0.2, 0.25) is 0 Å². The standard InChI is InChI=1S/C8H8N2O3/c1-3-8(12)10(5-11)7-4-6(2)13-9-7/h3-5H,1H2,2H3. The van der Waals surface area contributed by atoms with E-state index in [1.807, 2.05) is 0 Å². The second kappa shape index (κ2) is 3.66. The monoisotopic (exact) mass is 180 g/mol. The second-order valence-corrected chi connectivity index (χ2v) is 2.31. The van der Waals surface area contributed by atoms with Gasteiger partial charge in [0.05, 0.1) is 0 Å². The number of amides is 2. The Morgan fingerprint density at radius 1 is 1.77 bits per heavy atom. The van der Waals surface area contributed by atoms with Crippen LogP contribution in [0.3, 0.4) is 0 Å². The molecule has 0 aliphatic heterocycles. The number of anilines is 1. The number of nitrogens with zero attached hydrogens (tertiary/aromatic N) is 2. The van der Waals surface area contributed by atoms with Gasteiger partial charge >= 0.3 is 0 Å². The van der Waals surface area contributed by atoms with Gasteiger partial charge in [0.2, 0.25) is 6.41 Å². The van der Waals surface area contributed by atoms with Gasteiger partial charge in [0.25, 0.3) is 5.91 Å². The van der Waals surface area contributed by atoms with Crippen molar-refractivity contribution in [3.8, 4) is 0 Å². The molecule has 0 aliphatic rings. The van der Waals surface area contributed by atoms with E-state index in [1.54, 1.807) is 6.92 Å². The Morgan fingerprint density at radius 2 is 2.46 bits per heavy atom. The first-order valence-corrected chi connectivity index (χ1v) is 3.53. The SMILES string of the molecule is C=CC(=O)N(C=O)c1cc(C)on1. The molecule has 2 amide bonds. The first-order chi connectivity index (χ1) is 6.19. The average molecular weight is 180 g/mol. The second-order valence-electron chi connectivity index (χ2n) is 2.31. The smallest absolute Gasteiger partial charge is 0.258 e. The van der Waals surface area contributed by atoms with Crippen LogP contribution in [0.5, 0.6) is 0 Å². The van der Waals surface area contributed by atoms with Crippen molar-refractivity contribution < 1.29 is 14.1 Å². The van der Waals surface area contributed by atoms with Crippen LogP contribution in [0.15, 0.2) is 23.2 Å². The molecule has 13 heavy (non-hydrogen) atoms. The van der Waals surface area contributed by atoms with E-state index in [-0.39, 0.29) is 5.82 Å². The maximum atomic E-state index is 11.0. The maximum Gasteiger partial charge on any atom is 0.258 e. The van der Waals surface area contributed by atoms with Crippen LogP contribution >= 0.6 is 0 Å². The summed E-state index contributed by atoms with van der Waals surface area (Å²) in [6, 6.07) is 1.48. The molecule has 0 saturated heterocycles. The molecule has 1 aromatic rings. The Balaban J connectivity index is 2.96. The largest absolute Gasteiger partial charge is 0.360 e. The summed E-state index contributed by atoms with van der Waals surface area (Å²) in [4.78, 5) is 22.3. The van der Waals surface area contributed by atoms with Crippen molar-refractivity contribution in [1.82, 2.24) is 5.16 Å². The molecule has 0 aromatic carbocycles. The Morgan fingerprint density at radius 3 is 2.85 bits per heavy atom. The highest BCUT2D eigenvalue weighted by Gasteiger charge is 2.15. The molecule has 0 saturated carbocycles. The fourth-order valence-corrected chi connectivity index (χ4v) is 0.784. The van der Waals surface area contributed by atoms with E-state index in [1.165, 1.54) is 6.07 Å². The van der Waals surface area contributed by atoms with E-state index in [0.29, 0.717) is 12.2 Å². The predicted molar refractivity (Wildman–Crippen MR) is 45.0 cm³/mol. The molecule has 0 spiro atoms. The van der Waals surface area contributed by atoms with E-state index in [0.717, 1.165) is 11.0 Å². The topological polar surface area (TPSA) is 63.4 Å². The van der Waals surface area contributed by atoms with E-state index in [9.17, 15) is 9.59 Å². The van der Waals surface area contributed by atoms with Crippen molar-refractivity contribution in [2.75, 3.05) is 4.90 Å². The number of aromatic nitrogens is 1. The quantitative estimate of drug-likeness (QED) is 0.506. The molecule has 0 fully saturated rings. The normalized spacial score (nSPS) is 9.31. The minimum Gasteiger partial charge on any atom is -0.360 e.